The Morgan fingerprint density at radius 1 is 1.19 bits per heavy atom. The number of carboxylic acid groups (broad SMARTS) is 1. The van der Waals surface area contributed by atoms with Crippen LogP contribution in [0.5, 0.6) is 5.75 Å². The predicted octanol–water partition coefficient (Wildman–Crippen LogP) is 3.86. The topological polar surface area (TPSA) is 80.0 Å². The van der Waals surface area contributed by atoms with Crippen molar-refractivity contribution in [3.63, 3.8) is 0 Å². The fourth-order valence-corrected chi connectivity index (χ4v) is 3.26. The van der Waals surface area contributed by atoms with E-state index in [0.29, 0.717) is 24.5 Å². The largest absolute Gasteiger partial charge is 0.486 e. The minimum atomic E-state index is -0.855. The van der Waals surface area contributed by atoms with Crippen molar-refractivity contribution in [3.8, 4) is 5.75 Å². The number of hydrogen-bond acceptors (Lipinski definition) is 4. The predicted molar refractivity (Wildman–Crippen MR) is 95.0 cm³/mol. The van der Waals surface area contributed by atoms with Crippen molar-refractivity contribution in [2.24, 2.45) is 0 Å². The van der Waals surface area contributed by atoms with Crippen LogP contribution in [0, 0.1) is 5.82 Å². The number of benzene rings is 1. The smallest absolute Gasteiger partial charge is 0.303 e. The Balaban J connectivity index is 1.60. The highest BCUT2D eigenvalue weighted by atomic mass is 19.1. The van der Waals surface area contributed by atoms with Crippen LogP contribution in [0.1, 0.15) is 48.4 Å². The highest BCUT2D eigenvalue weighted by Crippen LogP contribution is 2.24. The van der Waals surface area contributed by atoms with Crippen LogP contribution in [-0.4, -0.2) is 34.5 Å². The van der Waals surface area contributed by atoms with Crippen LogP contribution in [0.25, 0.3) is 0 Å². The number of rotatable bonds is 7. The second-order valence-electron chi connectivity index (χ2n) is 6.59. The molecule has 1 atom stereocenters. The molecule has 7 heteroatoms. The van der Waals surface area contributed by atoms with E-state index in [2.05, 4.69) is 0 Å². The lowest BCUT2D eigenvalue weighted by Gasteiger charge is -2.35. The number of amides is 1. The first-order valence-corrected chi connectivity index (χ1v) is 9.03. The number of carboxylic acids is 1. The average molecular weight is 375 g/mol. The zero-order valence-corrected chi connectivity index (χ0v) is 14.9. The average Bonchev–Trinajstić information content (AvgIpc) is 3.14. The van der Waals surface area contributed by atoms with E-state index in [-0.39, 0.29) is 36.6 Å². The summed E-state index contributed by atoms with van der Waals surface area (Å²) in [4.78, 5) is 25.3. The lowest BCUT2D eigenvalue weighted by atomic mass is 9.97. The summed E-state index contributed by atoms with van der Waals surface area (Å²) >= 11 is 0. The molecule has 0 aliphatic carbocycles. The van der Waals surface area contributed by atoms with Gasteiger partial charge < -0.3 is 19.2 Å². The maximum Gasteiger partial charge on any atom is 0.303 e. The van der Waals surface area contributed by atoms with Crippen LogP contribution >= 0.6 is 0 Å². The molecule has 1 unspecified atom stereocenters. The van der Waals surface area contributed by atoms with Crippen LogP contribution in [0.15, 0.2) is 40.8 Å². The highest BCUT2D eigenvalue weighted by Gasteiger charge is 2.29. The molecule has 1 aliphatic rings. The van der Waals surface area contributed by atoms with Crippen molar-refractivity contribution in [1.29, 1.82) is 0 Å². The fraction of sp³-hybridized carbons (Fsp3) is 0.400. The number of hydrogen-bond donors (Lipinski definition) is 1. The molecular formula is C20H22FNO5. The van der Waals surface area contributed by atoms with Crippen molar-refractivity contribution in [2.45, 2.75) is 44.8 Å². The third-order valence-corrected chi connectivity index (χ3v) is 4.65. The second kappa shape index (κ2) is 8.70. The van der Waals surface area contributed by atoms with Gasteiger partial charge in [0.15, 0.2) is 5.76 Å². The molecule has 1 aliphatic heterocycles. The monoisotopic (exact) mass is 375 g/mol. The molecule has 0 saturated carbocycles. The summed E-state index contributed by atoms with van der Waals surface area (Å²) in [6.45, 7) is 0.729. The molecule has 1 saturated heterocycles. The van der Waals surface area contributed by atoms with Crippen LogP contribution in [0.2, 0.25) is 0 Å². The molecular weight excluding hydrogens is 353 g/mol. The zero-order chi connectivity index (χ0) is 19.2. The van der Waals surface area contributed by atoms with Gasteiger partial charge in [-0.1, -0.05) is 0 Å². The molecule has 3 rings (SSSR count). The van der Waals surface area contributed by atoms with E-state index in [1.54, 1.807) is 17.0 Å². The molecule has 1 fully saturated rings. The number of aliphatic carboxylic acids is 1. The van der Waals surface area contributed by atoms with Crippen LogP contribution in [0.3, 0.4) is 0 Å². The van der Waals surface area contributed by atoms with E-state index in [1.165, 1.54) is 24.3 Å². The number of likely N-dealkylation sites (tertiary alicyclic amines) is 1. The van der Waals surface area contributed by atoms with Gasteiger partial charge >= 0.3 is 5.97 Å². The Labute approximate surface area is 156 Å². The van der Waals surface area contributed by atoms with Gasteiger partial charge in [0.25, 0.3) is 5.91 Å². The molecule has 144 valence electrons. The molecule has 1 aromatic carbocycles. The molecule has 2 aromatic rings. The fourth-order valence-electron chi connectivity index (χ4n) is 3.26. The molecule has 1 amide bonds. The molecule has 1 aromatic heterocycles. The van der Waals surface area contributed by atoms with Crippen LogP contribution in [-0.2, 0) is 11.4 Å². The zero-order valence-electron chi connectivity index (χ0n) is 14.9. The van der Waals surface area contributed by atoms with Gasteiger partial charge in [0.05, 0.1) is 0 Å². The number of ether oxygens (including phenoxy) is 1. The van der Waals surface area contributed by atoms with Gasteiger partial charge in [-0.2, -0.15) is 0 Å². The van der Waals surface area contributed by atoms with Gasteiger partial charge in [-0.05, 0) is 62.1 Å². The first-order valence-electron chi connectivity index (χ1n) is 9.03. The molecule has 27 heavy (non-hydrogen) atoms. The lowest BCUT2D eigenvalue weighted by molar-refractivity contribution is -0.137. The number of piperidine rings is 1. The number of furan rings is 1. The van der Waals surface area contributed by atoms with Gasteiger partial charge in [0.2, 0.25) is 0 Å². The summed E-state index contributed by atoms with van der Waals surface area (Å²) in [5.41, 5.74) is 0. The maximum atomic E-state index is 12.9. The maximum absolute atomic E-state index is 12.9. The third-order valence-electron chi connectivity index (χ3n) is 4.65. The normalized spacial score (nSPS) is 16.9. The Bertz CT molecular complexity index is 786. The third kappa shape index (κ3) is 5.09. The minimum absolute atomic E-state index is 0.0450. The Hall–Kier alpha value is -2.83. The second-order valence-corrected chi connectivity index (χ2v) is 6.59. The Morgan fingerprint density at radius 2 is 1.96 bits per heavy atom. The van der Waals surface area contributed by atoms with Crippen molar-refractivity contribution < 1.29 is 28.2 Å². The lowest BCUT2D eigenvalue weighted by Crippen LogP contribution is -2.43. The van der Waals surface area contributed by atoms with E-state index in [4.69, 9.17) is 14.3 Å². The molecule has 6 nitrogen and oxygen atoms in total. The van der Waals surface area contributed by atoms with Crippen molar-refractivity contribution in [2.75, 3.05) is 6.54 Å². The van der Waals surface area contributed by atoms with E-state index in [0.717, 1.165) is 19.3 Å². The number of carbonyl (C=O) groups is 2. The van der Waals surface area contributed by atoms with Crippen LogP contribution < -0.4 is 4.74 Å². The number of nitrogens with zero attached hydrogens (tertiary/aromatic N) is 1. The molecule has 1 N–H and O–H groups in total. The van der Waals surface area contributed by atoms with Crippen molar-refractivity contribution >= 4 is 11.9 Å². The van der Waals surface area contributed by atoms with Gasteiger partial charge in [-0.15, -0.1) is 0 Å². The Kier molecular flexibility index (Phi) is 6.11. The first-order chi connectivity index (χ1) is 13.0. The summed E-state index contributed by atoms with van der Waals surface area (Å²) in [6, 6.07) is 8.85. The Morgan fingerprint density at radius 3 is 2.70 bits per heavy atom. The SMILES string of the molecule is O=C(O)CCC1CCCCN1C(=O)c1ccc(COc2ccc(F)cc2)o1. The van der Waals surface area contributed by atoms with E-state index in [1.807, 2.05) is 0 Å². The summed E-state index contributed by atoms with van der Waals surface area (Å²) in [5.74, 6) is -0.210. The van der Waals surface area contributed by atoms with Crippen molar-refractivity contribution in [3.05, 3.63) is 53.7 Å². The summed E-state index contributed by atoms with van der Waals surface area (Å²) < 4.78 is 24.0. The molecule has 0 bridgehead atoms. The summed E-state index contributed by atoms with van der Waals surface area (Å²) in [5, 5.41) is 8.90. The van der Waals surface area contributed by atoms with Gasteiger partial charge in [0.1, 0.15) is 23.9 Å². The quantitative estimate of drug-likeness (QED) is 0.795. The van der Waals surface area contributed by atoms with Crippen LogP contribution in [0.4, 0.5) is 4.39 Å². The van der Waals surface area contributed by atoms with E-state index >= 15 is 0 Å². The minimum Gasteiger partial charge on any atom is -0.486 e. The molecule has 0 spiro atoms. The number of halogens is 1. The van der Waals surface area contributed by atoms with Gasteiger partial charge in [-0.25, -0.2) is 4.39 Å². The standard InChI is InChI=1S/C20H22FNO5/c21-14-4-7-16(8-5-14)26-13-17-9-10-18(27-17)20(25)22-12-2-1-3-15(22)6-11-19(23)24/h4-5,7-10,15H,1-3,6,11-13H2,(H,23,24). The van der Waals surface area contributed by atoms with Gasteiger partial charge in [0, 0.05) is 19.0 Å². The highest BCUT2D eigenvalue weighted by molar-refractivity contribution is 5.91. The van der Waals surface area contributed by atoms with Crippen molar-refractivity contribution in [1.82, 2.24) is 4.90 Å². The van der Waals surface area contributed by atoms with E-state index in [9.17, 15) is 14.0 Å². The number of carbonyl (C=O) groups excluding carboxylic acids is 1. The summed E-state index contributed by atoms with van der Waals surface area (Å²) in [6.07, 6.45) is 3.19. The molecule has 0 radical (unpaired) electrons. The van der Waals surface area contributed by atoms with E-state index < -0.39 is 5.97 Å². The summed E-state index contributed by atoms with van der Waals surface area (Å²) in [7, 11) is 0. The molecule has 2 heterocycles. The van der Waals surface area contributed by atoms with Gasteiger partial charge in [-0.3, -0.25) is 9.59 Å². The first kappa shape index (κ1) is 18.9.